The normalized spacial score (nSPS) is 12.6. The third kappa shape index (κ3) is 5.30. The average Bonchev–Trinajstić information content (AvgIpc) is 2.75. The van der Waals surface area contributed by atoms with Crippen LogP contribution in [-0.2, 0) is 4.79 Å². The Morgan fingerprint density at radius 1 is 0.714 bits per heavy atom. The summed E-state index contributed by atoms with van der Waals surface area (Å²) in [6.45, 7) is 1.95. The highest BCUT2D eigenvalue weighted by molar-refractivity contribution is 5.94. The molecule has 2 amide bonds. The first-order valence-corrected chi connectivity index (χ1v) is 9.38. The number of carbonyl (C=O) groups excluding carboxylic acids is 2. The molecule has 0 aromatic heterocycles. The van der Waals surface area contributed by atoms with Crippen LogP contribution in [0.15, 0.2) is 91.0 Å². The molecule has 3 rings (SSSR count). The van der Waals surface area contributed by atoms with E-state index < -0.39 is 6.04 Å². The van der Waals surface area contributed by atoms with Crippen LogP contribution in [-0.4, -0.2) is 11.8 Å². The number of rotatable bonds is 7. The Morgan fingerprint density at radius 3 is 1.79 bits per heavy atom. The van der Waals surface area contributed by atoms with E-state index in [-0.39, 0.29) is 24.3 Å². The number of benzene rings is 3. The summed E-state index contributed by atoms with van der Waals surface area (Å²) in [6.07, 6.45) is 0.166. The first-order chi connectivity index (χ1) is 13.6. The van der Waals surface area contributed by atoms with Gasteiger partial charge >= 0.3 is 0 Å². The molecule has 4 heteroatoms. The summed E-state index contributed by atoms with van der Waals surface area (Å²) in [6, 6.07) is 27.9. The van der Waals surface area contributed by atoms with Crippen molar-refractivity contribution < 1.29 is 9.59 Å². The third-order valence-electron chi connectivity index (χ3n) is 4.61. The molecule has 4 nitrogen and oxygen atoms in total. The smallest absolute Gasteiger partial charge is 0.251 e. The molecule has 142 valence electrons. The van der Waals surface area contributed by atoms with Crippen molar-refractivity contribution in [3.63, 3.8) is 0 Å². The van der Waals surface area contributed by atoms with E-state index in [1.165, 1.54) is 0 Å². The average molecular weight is 372 g/mol. The number of hydrogen-bond donors (Lipinski definition) is 2. The maximum atomic E-state index is 12.7. The molecule has 0 aliphatic heterocycles. The van der Waals surface area contributed by atoms with E-state index in [0.29, 0.717) is 5.56 Å². The SMILES string of the molecule is C[C@@H](NC(=O)C[C@H](NC(=O)c1ccccc1)c1ccccc1)c1ccccc1. The highest BCUT2D eigenvalue weighted by atomic mass is 16.2. The largest absolute Gasteiger partial charge is 0.350 e. The molecule has 0 aliphatic rings. The molecule has 0 bridgehead atoms. The van der Waals surface area contributed by atoms with Crippen molar-refractivity contribution in [3.05, 3.63) is 108 Å². The van der Waals surface area contributed by atoms with Gasteiger partial charge in [-0.25, -0.2) is 0 Å². The van der Waals surface area contributed by atoms with Gasteiger partial charge in [-0.15, -0.1) is 0 Å². The molecule has 0 heterocycles. The molecule has 0 fully saturated rings. The molecular formula is C24H24N2O2. The maximum absolute atomic E-state index is 12.7. The van der Waals surface area contributed by atoms with Gasteiger partial charge in [0.25, 0.3) is 5.91 Å². The van der Waals surface area contributed by atoms with Gasteiger partial charge in [0.1, 0.15) is 0 Å². The van der Waals surface area contributed by atoms with E-state index in [2.05, 4.69) is 10.6 Å². The van der Waals surface area contributed by atoms with Gasteiger partial charge in [0.15, 0.2) is 0 Å². The molecule has 2 atom stereocenters. The number of nitrogens with one attached hydrogen (secondary N) is 2. The van der Waals surface area contributed by atoms with Crippen LogP contribution in [0.3, 0.4) is 0 Å². The minimum atomic E-state index is -0.406. The second kappa shape index (κ2) is 9.51. The van der Waals surface area contributed by atoms with E-state index in [0.717, 1.165) is 11.1 Å². The van der Waals surface area contributed by atoms with Gasteiger partial charge in [-0.2, -0.15) is 0 Å². The minimum absolute atomic E-state index is 0.102. The number of amides is 2. The molecule has 28 heavy (non-hydrogen) atoms. The van der Waals surface area contributed by atoms with Crippen LogP contribution in [0.25, 0.3) is 0 Å². The second-order valence-corrected chi connectivity index (χ2v) is 6.71. The molecule has 0 saturated heterocycles. The lowest BCUT2D eigenvalue weighted by Crippen LogP contribution is -2.34. The van der Waals surface area contributed by atoms with Crippen LogP contribution in [0.2, 0.25) is 0 Å². The molecule has 0 spiro atoms. The summed E-state index contributed by atoms with van der Waals surface area (Å²) >= 11 is 0. The van der Waals surface area contributed by atoms with Crippen LogP contribution in [0.1, 0.15) is 46.9 Å². The van der Waals surface area contributed by atoms with Crippen LogP contribution in [0, 0.1) is 0 Å². The standard InChI is InChI=1S/C24H24N2O2/c1-18(19-11-5-2-6-12-19)25-23(27)17-22(20-13-7-3-8-14-20)26-24(28)21-15-9-4-10-16-21/h2-16,18,22H,17H2,1H3,(H,25,27)(H,26,28)/t18-,22+/m1/s1. The highest BCUT2D eigenvalue weighted by Crippen LogP contribution is 2.19. The Balaban J connectivity index is 1.70. The summed E-state index contributed by atoms with van der Waals surface area (Å²) in [5, 5.41) is 6.01. The fourth-order valence-corrected chi connectivity index (χ4v) is 3.08. The second-order valence-electron chi connectivity index (χ2n) is 6.71. The van der Waals surface area contributed by atoms with Gasteiger partial charge in [0.2, 0.25) is 5.91 Å². The lowest BCUT2D eigenvalue weighted by molar-refractivity contribution is -0.122. The Morgan fingerprint density at radius 2 is 1.21 bits per heavy atom. The summed E-state index contributed by atoms with van der Waals surface area (Å²) in [4.78, 5) is 25.3. The van der Waals surface area contributed by atoms with Crippen molar-refractivity contribution in [2.45, 2.75) is 25.4 Å². The van der Waals surface area contributed by atoms with Gasteiger partial charge in [0.05, 0.1) is 18.5 Å². The predicted molar refractivity (Wildman–Crippen MR) is 111 cm³/mol. The lowest BCUT2D eigenvalue weighted by Gasteiger charge is -2.21. The molecule has 0 saturated carbocycles. The Bertz CT molecular complexity index is 896. The number of hydrogen-bond acceptors (Lipinski definition) is 2. The van der Waals surface area contributed by atoms with E-state index in [1.807, 2.05) is 85.8 Å². The van der Waals surface area contributed by atoms with Crippen LogP contribution in [0.5, 0.6) is 0 Å². The minimum Gasteiger partial charge on any atom is -0.350 e. The van der Waals surface area contributed by atoms with E-state index in [9.17, 15) is 9.59 Å². The molecule has 3 aromatic carbocycles. The molecule has 0 unspecified atom stereocenters. The third-order valence-corrected chi connectivity index (χ3v) is 4.61. The fraction of sp³-hybridized carbons (Fsp3) is 0.167. The van der Waals surface area contributed by atoms with Crippen LogP contribution in [0.4, 0.5) is 0 Å². The summed E-state index contributed by atoms with van der Waals surface area (Å²) in [5.74, 6) is -0.308. The van der Waals surface area contributed by atoms with Crippen LogP contribution < -0.4 is 10.6 Å². The summed E-state index contributed by atoms with van der Waals surface area (Å²) in [7, 11) is 0. The summed E-state index contributed by atoms with van der Waals surface area (Å²) < 4.78 is 0. The van der Waals surface area contributed by atoms with E-state index >= 15 is 0 Å². The number of carbonyl (C=O) groups is 2. The predicted octanol–water partition coefficient (Wildman–Crippen LogP) is 4.43. The first kappa shape index (κ1) is 19.4. The van der Waals surface area contributed by atoms with E-state index in [4.69, 9.17) is 0 Å². The van der Waals surface area contributed by atoms with Gasteiger partial charge in [0, 0.05) is 5.56 Å². The van der Waals surface area contributed by atoms with Crippen molar-refractivity contribution in [1.82, 2.24) is 10.6 Å². The van der Waals surface area contributed by atoms with Crippen LogP contribution >= 0.6 is 0 Å². The zero-order valence-corrected chi connectivity index (χ0v) is 15.8. The zero-order chi connectivity index (χ0) is 19.8. The topological polar surface area (TPSA) is 58.2 Å². The van der Waals surface area contributed by atoms with Crippen molar-refractivity contribution in [2.24, 2.45) is 0 Å². The van der Waals surface area contributed by atoms with Crippen molar-refractivity contribution in [1.29, 1.82) is 0 Å². The van der Waals surface area contributed by atoms with Crippen molar-refractivity contribution >= 4 is 11.8 Å². The van der Waals surface area contributed by atoms with Gasteiger partial charge < -0.3 is 10.6 Å². The fourth-order valence-electron chi connectivity index (χ4n) is 3.08. The Kier molecular flexibility index (Phi) is 6.58. The van der Waals surface area contributed by atoms with Crippen molar-refractivity contribution in [2.75, 3.05) is 0 Å². The highest BCUT2D eigenvalue weighted by Gasteiger charge is 2.20. The Labute approximate surface area is 165 Å². The molecule has 0 aliphatic carbocycles. The lowest BCUT2D eigenvalue weighted by atomic mass is 10.0. The molecule has 2 N–H and O–H groups in total. The monoisotopic (exact) mass is 372 g/mol. The molecule has 0 radical (unpaired) electrons. The quantitative estimate of drug-likeness (QED) is 0.645. The zero-order valence-electron chi connectivity index (χ0n) is 15.8. The molecular weight excluding hydrogens is 348 g/mol. The maximum Gasteiger partial charge on any atom is 0.251 e. The Hall–Kier alpha value is -3.40. The van der Waals surface area contributed by atoms with E-state index in [1.54, 1.807) is 12.1 Å². The first-order valence-electron chi connectivity index (χ1n) is 9.38. The van der Waals surface area contributed by atoms with Gasteiger partial charge in [-0.3, -0.25) is 9.59 Å². The van der Waals surface area contributed by atoms with Gasteiger partial charge in [-0.1, -0.05) is 78.9 Å². The summed E-state index contributed by atoms with van der Waals surface area (Å²) in [5.41, 5.74) is 2.51. The molecule has 3 aromatic rings. The van der Waals surface area contributed by atoms with Crippen molar-refractivity contribution in [3.8, 4) is 0 Å². The van der Waals surface area contributed by atoms with Gasteiger partial charge in [-0.05, 0) is 30.2 Å².